The van der Waals surface area contributed by atoms with Gasteiger partial charge in [-0.3, -0.25) is 9.59 Å². The van der Waals surface area contributed by atoms with Crippen LogP contribution >= 0.6 is 0 Å². The first-order valence-corrected chi connectivity index (χ1v) is 6.66. The standard InChI is InChI=1S/C14H22O3/c1-2-3-4-5-6-7-8-9-10-11-12-13(15)17-14(12)16/h9-10,12H,2-8,11H2,1H3/b10-9+. The lowest BCUT2D eigenvalue weighted by molar-refractivity contribution is -0.183. The predicted molar refractivity (Wildman–Crippen MR) is 66.3 cm³/mol. The Morgan fingerprint density at radius 2 is 1.65 bits per heavy atom. The van der Waals surface area contributed by atoms with Crippen molar-refractivity contribution in [1.29, 1.82) is 0 Å². The fraction of sp³-hybridized carbons (Fsp3) is 0.714. The van der Waals surface area contributed by atoms with Gasteiger partial charge in [-0.1, -0.05) is 51.2 Å². The summed E-state index contributed by atoms with van der Waals surface area (Å²) in [5.74, 6) is -1.27. The van der Waals surface area contributed by atoms with Gasteiger partial charge in [-0.15, -0.1) is 0 Å². The third-order valence-corrected chi connectivity index (χ3v) is 3.03. The van der Waals surface area contributed by atoms with Crippen LogP contribution in [0.1, 0.15) is 58.3 Å². The zero-order valence-corrected chi connectivity index (χ0v) is 10.6. The van der Waals surface area contributed by atoms with Gasteiger partial charge in [0.1, 0.15) is 0 Å². The first kappa shape index (κ1) is 13.9. The highest BCUT2D eigenvalue weighted by Crippen LogP contribution is 2.19. The molecule has 1 heterocycles. The van der Waals surface area contributed by atoms with Crippen molar-refractivity contribution in [2.45, 2.75) is 58.3 Å². The summed E-state index contributed by atoms with van der Waals surface area (Å²) < 4.78 is 4.27. The van der Waals surface area contributed by atoms with E-state index in [1.165, 1.54) is 38.5 Å². The van der Waals surface area contributed by atoms with Crippen LogP contribution in [0.4, 0.5) is 0 Å². The molecule has 96 valence electrons. The Hall–Kier alpha value is -1.12. The van der Waals surface area contributed by atoms with Crippen molar-refractivity contribution < 1.29 is 14.3 Å². The second-order valence-corrected chi connectivity index (χ2v) is 4.56. The Labute approximate surface area is 103 Å². The highest BCUT2D eigenvalue weighted by molar-refractivity contribution is 6.09. The van der Waals surface area contributed by atoms with Crippen molar-refractivity contribution in [3.05, 3.63) is 12.2 Å². The number of esters is 2. The van der Waals surface area contributed by atoms with Crippen LogP contribution in [0, 0.1) is 5.92 Å². The van der Waals surface area contributed by atoms with Crippen LogP contribution in [0.5, 0.6) is 0 Å². The van der Waals surface area contributed by atoms with Crippen molar-refractivity contribution in [1.82, 2.24) is 0 Å². The molecule has 0 spiro atoms. The molecule has 3 heteroatoms. The lowest BCUT2D eigenvalue weighted by Crippen LogP contribution is -2.40. The number of unbranched alkanes of at least 4 members (excludes halogenated alkanes) is 6. The first-order valence-electron chi connectivity index (χ1n) is 6.66. The molecule has 0 unspecified atom stereocenters. The van der Waals surface area contributed by atoms with E-state index in [9.17, 15) is 9.59 Å². The van der Waals surface area contributed by atoms with Crippen LogP contribution in [0.25, 0.3) is 0 Å². The van der Waals surface area contributed by atoms with Gasteiger partial charge in [0.15, 0.2) is 5.92 Å². The van der Waals surface area contributed by atoms with Crippen LogP contribution in [0.15, 0.2) is 12.2 Å². The molecule has 0 bridgehead atoms. The summed E-state index contributed by atoms with van der Waals surface area (Å²) in [4.78, 5) is 21.7. The number of hydrogen-bond donors (Lipinski definition) is 0. The third-order valence-electron chi connectivity index (χ3n) is 3.03. The lowest BCUT2D eigenvalue weighted by Gasteiger charge is -2.19. The van der Waals surface area contributed by atoms with E-state index in [0.29, 0.717) is 6.42 Å². The Kier molecular flexibility index (Phi) is 6.60. The molecule has 0 saturated carbocycles. The molecule has 1 fully saturated rings. The maximum absolute atomic E-state index is 10.8. The molecule has 0 aromatic rings. The summed E-state index contributed by atoms with van der Waals surface area (Å²) in [6, 6.07) is 0. The van der Waals surface area contributed by atoms with Crippen LogP contribution in [0.3, 0.4) is 0 Å². The normalized spacial score (nSPS) is 16.3. The van der Waals surface area contributed by atoms with Gasteiger partial charge in [0.25, 0.3) is 0 Å². The number of cyclic esters (lactones) is 2. The summed E-state index contributed by atoms with van der Waals surface area (Å²) in [6.07, 6.45) is 13.3. The molecule has 0 aliphatic carbocycles. The molecular formula is C14H22O3. The molecule has 17 heavy (non-hydrogen) atoms. The Balaban J connectivity index is 1.92. The van der Waals surface area contributed by atoms with Crippen molar-refractivity contribution in [3.63, 3.8) is 0 Å². The van der Waals surface area contributed by atoms with Gasteiger partial charge in [0.05, 0.1) is 0 Å². The number of ether oxygens (including phenoxy) is 1. The topological polar surface area (TPSA) is 43.4 Å². The third kappa shape index (κ3) is 5.16. The first-order chi connectivity index (χ1) is 8.25. The molecule has 0 aromatic heterocycles. The van der Waals surface area contributed by atoms with Gasteiger partial charge in [-0.25, -0.2) is 0 Å². The largest absolute Gasteiger partial charge is 0.392 e. The maximum Gasteiger partial charge on any atom is 0.328 e. The number of carbonyl (C=O) groups is 2. The van der Waals surface area contributed by atoms with Crippen molar-refractivity contribution in [2.24, 2.45) is 5.92 Å². The minimum absolute atomic E-state index is 0.376. The van der Waals surface area contributed by atoms with E-state index >= 15 is 0 Å². The molecule has 1 rings (SSSR count). The second kappa shape index (κ2) is 8.04. The van der Waals surface area contributed by atoms with Gasteiger partial charge >= 0.3 is 11.9 Å². The molecule has 0 radical (unpaired) electrons. The van der Waals surface area contributed by atoms with Crippen LogP contribution in [-0.2, 0) is 14.3 Å². The summed E-state index contributed by atoms with van der Waals surface area (Å²) in [5.41, 5.74) is 0. The van der Waals surface area contributed by atoms with E-state index in [1.54, 1.807) is 0 Å². The maximum atomic E-state index is 10.8. The van der Waals surface area contributed by atoms with Crippen molar-refractivity contribution in [2.75, 3.05) is 0 Å². The molecule has 0 aromatic carbocycles. The van der Waals surface area contributed by atoms with Gasteiger partial charge < -0.3 is 4.74 Å². The zero-order chi connectivity index (χ0) is 12.5. The van der Waals surface area contributed by atoms with E-state index in [2.05, 4.69) is 17.7 Å². The van der Waals surface area contributed by atoms with Gasteiger partial charge in [0, 0.05) is 0 Å². The highest BCUT2D eigenvalue weighted by Gasteiger charge is 2.40. The summed E-state index contributed by atoms with van der Waals surface area (Å²) in [6.45, 7) is 2.22. The van der Waals surface area contributed by atoms with E-state index in [4.69, 9.17) is 0 Å². The van der Waals surface area contributed by atoms with E-state index in [0.717, 1.165) is 6.42 Å². The summed E-state index contributed by atoms with van der Waals surface area (Å²) >= 11 is 0. The minimum Gasteiger partial charge on any atom is -0.392 e. The average Bonchev–Trinajstić information content (AvgIpc) is 2.31. The Bertz CT molecular complexity index is 267. The summed E-state index contributed by atoms with van der Waals surface area (Å²) in [7, 11) is 0. The fourth-order valence-corrected chi connectivity index (χ4v) is 1.86. The molecule has 1 aliphatic rings. The molecule has 0 N–H and O–H groups in total. The molecule has 1 aliphatic heterocycles. The quantitative estimate of drug-likeness (QED) is 0.268. The minimum atomic E-state index is -0.518. The van der Waals surface area contributed by atoms with E-state index < -0.39 is 5.92 Å². The smallest absolute Gasteiger partial charge is 0.328 e. The van der Waals surface area contributed by atoms with Crippen LogP contribution in [-0.4, -0.2) is 11.9 Å². The molecular weight excluding hydrogens is 216 g/mol. The van der Waals surface area contributed by atoms with Gasteiger partial charge in [0.2, 0.25) is 0 Å². The Morgan fingerprint density at radius 3 is 2.29 bits per heavy atom. The van der Waals surface area contributed by atoms with Crippen LogP contribution in [0.2, 0.25) is 0 Å². The second-order valence-electron chi connectivity index (χ2n) is 4.56. The summed E-state index contributed by atoms with van der Waals surface area (Å²) in [5, 5.41) is 0. The number of hydrogen-bond acceptors (Lipinski definition) is 3. The molecule has 1 saturated heterocycles. The molecule has 0 amide bonds. The van der Waals surface area contributed by atoms with Crippen LogP contribution < -0.4 is 0 Å². The number of carbonyl (C=O) groups excluding carboxylic acids is 2. The van der Waals surface area contributed by atoms with Crippen molar-refractivity contribution >= 4 is 11.9 Å². The van der Waals surface area contributed by atoms with Gasteiger partial charge in [-0.2, -0.15) is 0 Å². The zero-order valence-electron chi connectivity index (χ0n) is 10.6. The van der Waals surface area contributed by atoms with Gasteiger partial charge in [-0.05, 0) is 19.3 Å². The predicted octanol–water partition coefficient (Wildman–Crippen LogP) is 3.38. The van der Waals surface area contributed by atoms with E-state index in [-0.39, 0.29) is 11.9 Å². The Morgan fingerprint density at radius 1 is 1.00 bits per heavy atom. The lowest BCUT2D eigenvalue weighted by atomic mass is 10.0. The molecule has 3 nitrogen and oxygen atoms in total. The SMILES string of the molecule is CCCCCCCC/C=C/CC1C(=O)OC1=O. The van der Waals surface area contributed by atoms with Crippen molar-refractivity contribution in [3.8, 4) is 0 Å². The fourth-order valence-electron chi connectivity index (χ4n) is 1.86. The number of rotatable bonds is 9. The molecule has 0 atom stereocenters. The highest BCUT2D eigenvalue weighted by atomic mass is 16.6. The average molecular weight is 238 g/mol. The monoisotopic (exact) mass is 238 g/mol. The van der Waals surface area contributed by atoms with E-state index in [1.807, 2.05) is 6.08 Å². The number of allylic oxidation sites excluding steroid dienone is 2.